The molecule has 1 aromatic carbocycles. The highest BCUT2D eigenvalue weighted by Gasteiger charge is 2.50. The predicted octanol–water partition coefficient (Wildman–Crippen LogP) is 3.71. The number of Topliss-reactive ketones (excluding diaryl/α,β-unsaturated/α-hetero) is 2. The van der Waals surface area contributed by atoms with Crippen molar-refractivity contribution in [2.75, 3.05) is 12.4 Å². The Labute approximate surface area is 152 Å². The van der Waals surface area contributed by atoms with Gasteiger partial charge < -0.3 is 10.1 Å². The molecule has 0 bridgehead atoms. The zero-order chi connectivity index (χ0) is 18.2. The van der Waals surface area contributed by atoms with Gasteiger partial charge in [0.2, 0.25) is 0 Å². The number of carbonyl (C=O) groups is 3. The van der Waals surface area contributed by atoms with Crippen molar-refractivity contribution < 1.29 is 19.1 Å². The molecule has 1 N–H and O–H groups in total. The van der Waals surface area contributed by atoms with Crippen molar-refractivity contribution in [1.29, 1.82) is 0 Å². The first-order valence-electron chi connectivity index (χ1n) is 8.59. The van der Waals surface area contributed by atoms with Gasteiger partial charge in [0.25, 0.3) is 0 Å². The minimum Gasteiger partial charge on any atom is -0.465 e. The molecule has 2 saturated carbocycles. The van der Waals surface area contributed by atoms with Gasteiger partial charge >= 0.3 is 5.97 Å². The first-order chi connectivity index (χ1) is 11.9. The standard InChI is InChI=1S/C19H22ClNO4/c1-11-14(18(24)25-2)9-12(20)10-15(11)21-13-5-7-19(8-6-13)16(22)3-4-17(19)23/h9-10,13,21H,3-8H2,1-2H3. The van der Waals surface area contributed by atoms with Crippen molar-refractivity contribution in [3.63, 3.8) is 0 Å². The zero-order valence-electron chi connectivity index (χ0n) is 14.5. The number of esters is 1. The molecule has 134 valence electrons. The van der Waals surface area contributed by atoms with Crippen molar-refractivity contribution in [2.45, 2.75) is 51.5 Å². The van der Waals surface area contributed by atoms with Crippen LogP contribution in [0.15, 0.2) is 12.1 Å². The number of halogens is 1. The summed E-state index contributed by atoms with van der Waals surface area (Å²) >= 11 is 6.14. The largest absolute Gasteiger partial charge is 0.465 e. The van der Waals surface area contributed by atoms with E-state index in [9.17, 15) is 14.4 Å². The highest BCUT2D eigenvalue weighted by molar-refractivity contribution is 6.31. The fourth-order valence-corrected chi connectivity index (χ4v) is 4.26. The Kier molecular flexibility index (Phi) is 4.87. The van der Waals surface area contributed by atoms with Gasteiger partial charge in [0.15, 0.2) is 0 Å². The van der Waals surface area contributed by atoms with Gasteiger partial charge in [-0.25, -0.2) is 4.79 Å². The summed E-state index contributed by atoms with van der Waals surface area (Å²) in [6.45, 7) is 1.85. The summed E-state index contributed by atoms with van der Waals surface area (Å²) in [5.74, 6) is -0.196. The number of nitrogens with one attached hydrogen (secondary N) is 1. The van der Waals surface area contributed by atoms with Crippen LogP contribution in [0, 0.1) is 12.3 Å². The van der Waals surface area contributed by atoms with E-state index in [1.807, 2.05) is 6.92 Å². The lowest BCUT2D eigenvalue weighted by Gasteiger charge is -2.35. The van der Waals surface area contributed by atoms with Gasteiger partial charge in [-0.2, -0.15) is 0 Å². The molecule has 0 aliphatic heterocycles. The second-order valence-corrected chi connectivity index (χ2v) is 7.40. The Morgan fingerprint density at radius 1 is 1.20 bits per heavy atom. The maximum atomic E-state index is 12.2. The van der Waals surface area contributed by atoms with Gasteiger partial charge in [0, 0.05) is 29.6 Å². The molecule has 0 aromatic heterocycles. The first kappa shape index (κ1) is 17.9. The quantitative estimate of drug-likeness (QED) is 0.654. The number of ketones is 2. The van der Waals surface area contributed by atoms with Crippen LogP contribution in [-0.4, -0.2) is 30.7 Å². The summed E-state index contributed by atoms with van der Waals surface area (Å²) in [6, 6.07) is 3.54. The van der Waals surface area contributed by atoms with Crippen LogP contribution in [0.1, 0.15) is 54.4 Å². The molecular weight excluding hydrogens is 342 g/mol. The lowest BCUT2D eigenvalue weighted by Crippen LogP contribution is -2.40. The van der Waals surface area contributed by atoms with E-state index >= 15 is 0 Å². The SMILES string of the molecule is COC(=O)c1cc(Cl)cc(NC2CCC3(CC2)C(=O)CCC3=O)c1C. The van der Waals surface area contributed by atoms with Crippen molar-refractivity contribution in [3.8, 4) is 0 Å². The molecule has 1 aromatic rings. The molecule has 0 atom stereocenters. The topological polar surface area (TPSA) is 72.5 Å². The van der Waals surface area contributed by atoms with Crippen molar-refractivity contribution in [2.24, 2.45) is 5.41 Å². The molecule has 0 radical (unpaired) electrons. The monoisotopic (exact) mass is 363 g/mol. The molecule has 1 spiro atoms. The Morgan fingerprint density at radius 3 is 2.36 bits per heavy atom. The predicted molar refractivity (Wildman–Crippen MR) is 95.1 cm³/mol. The second kappa shape index (κ2) is 6.79. The number of methoxy groups -OCH3 is 1. The van der Waals surface area contributed by atoms with Crippen LogP contribution in [0.3, 0.4) is 0 Å². The van der Waals surface area contributed by atoms with E-state index in [4.69, 9.17) is 16.3 Å². The van der Waals surface area contributed by atoms with Crippen molar-refractivity contribution >= 4 is 34.8 Å². The van der Waals surface area contributed by atoms with Crippen molar-refractivity contribution in [3.05, 3.63) is 28.3 Å². The van der Waals surface area contributed by atoms with E-state index in [0.29, 0.717) is 36.3 Å². The van der Waals surface area contributed by atoms with Gasteiger partial charge in [0.05, 0.1) is 18.1 Å². The fourth-order valence-electron chi connectivity index (χ4n) is 4.04. The minimum absolute atomic E-state index is 0.114. The van der Waals surface area contributed by atoms with E-state index < -0.39 is 11.4 Å². The smallest absolute Gasteiger partial charge is 0.338 e. The van der Waals surface area contributed by atoms with Crippen LogP contribution in [0.5, 0.6) is 0 Å². The average molecular weight is 364 g/mol. The van der Waals surface area contributed by atoms with Gasteiger partial charge in [-0.1, -0.05) is 11.6 Å². The number of ether oxygens (including phenoxy) is 1. The Hall–Kier alpha value is -1.88. The molecule has 0 heterocycles. The molecule has 0 unspecified atom stereocenters. The maximum Gasteiger partial charge on any atom is 0.338 e. The third kappa shape index (κ3) is 3.17. The number of hydrogen-bond donors (Lipinski definition) is 1. The lowest BCUT2D eigenvalue weighted by molar-refractivity contribution is -0.137. The second-order valence-electron chi connectivity index (χ2n) is 6.96. The Bertz CT molecular complexity index is 717. The summed E-state index contributed by atoms with van der Waals surface area (Å²) in [6.07, 6.45) is 3.49. The first-order valence-corrected chi connectivity index (χ1v) is 8.97. The molecule has 6 heteroatoms. The van der Waals surface area contributed by atoms with Gasteiger partial charge in [-0.15, -0.1) is 0 Å². The van der Waals surface area contributed by atoms with Crippen LogP contribution in [0.2, 0.25) is 5.02 Å². The molecule has 3 rings (SSSR count). The Morgan fingerprint density at radius 2 is 1.80 bits per heavy atom. The van der Waals surface area contributed by atoms with Crippen LogP contribution >= 0.6 is 11.6 Å². The highest BCUT2D eigenvalue weighted by atomic mass is 35.5. The summed E-state index contributed by atoms with van der Waals surface area (Å²) in [4.78, 5) is 36.2. The molecule has 0 saturated heterocycles. The van der Waals surface area contributed by atoms with E-state index in [1.54, 1.807) is 12.1 Å². The highest BCUT2D eigenvalue weighted by Crippen LogP contribution is 2.44. The molecule has 2 aliphatic rings. The third-order valence-corrected chi connectivity index (χ3v) is 5.84. The van der Waals surface area contributed by atoms with E-state index in [1.165, 1.54) is 7.11 Å². The number of rotatable bonds is 3. The fraction of sp³-hybridized carbons (Fsp3) is 0.526. The summed E-state index contributed by atoms with van der Waals surface area (Å²) in [5.41, 5.74) is 1.28. The normalized spacial score (nSPS) is 20.1. The van der Waals surface area contributed by atoms with Crippen molar-refractivity contribution in [1.82, 2.24) is 0 Å². The average Bonchev–Trinajstić information content (AvgIpc) is 2.87. The van der Waals surface area contributed by atoms with Crippen LogP contribution in [0.25, 0.3) is 0 Å². The van der Waals surface area contributed by atoms with Gasteiger partial charge in [-0.3, -0.25) is 9.59 Å². The molecule has 0 amide bonds. The van der Waals surface area contributed by atoms with E-state index in [2.05, 4.69) is 5.32 Å². The molecule has 5 nitrogen and oxygen atoms in total. The van der Waals surface area contributed by atoms with Crippen LogP contribution in [0.4, 0.5) is 5.69 Å². The van der Waals surface area contributed by atoms with E-state index in [-0.39, 0.29) is 17.6 Å². The van der Waals surface area contributed by atoms with Crippen LogP contribution in [-0.2, 0) is 14.3 Å². The van der Waals surface area contributed by atoms with Crippen LogP contribution < -0.4 is 5.32 Å². The van der Waals surface area contributed by atoms with E-state index in [0.717, 1.165) is 24.1 Å². The number of carbonyl (C=O) groups excluding carboxylic acids is 3. The Balaban J connectivity index is 1.74. The minimum atomic E-state index is -0.723. The summed E-state index contributed by atoms with van der Waals surface area (Å²) < 4.78 is 4.80. The van der Waals surface area contributed by atoms with Gasteiger partial charge in [0.1, 0.15) is 11.6 Å². The summed E-state index contributed by atoms with van der Waals surface area (Å²) in [7, 11) is 1.34. The number of anilines is 1. The molecular formula is C19H22ClNO4. The third-order valence-electron chi connectivity index (χ3n) is 5.62. The number of benzene rings is 1. The summed E-state index contributed by atoms with van der Waals surface area (Å²) in [5, 5.41) is 3.89. The molecule has 2 fully saturated rings. The maximum absolute atomic E-state index is 12.2. The lowest BCUT2D eigenvalue weighted by atomic mass is 9.70. The number of hydrogen-bond acceptors (Lipinski definition) is 5. The molecule has 2 aliphatic carbocycles. The molecule has 25 heavy (non-hydrogen) atoms. The van der Waals surface area contributed by atoms with Gasteiger partial charge in [-0.05, 0) is 50.3 Å². The zero-order valence-corrected chi connectivity index (χ0v) is 15.2.